The van der Waals surface area contributed by atoms with E-state index in [0.717, 1.165) is 3.57 Å². The molecule has 0 saturated carbocycles. The molecule has 1 aromatic heterocycles. The Bertz CT molecular complexity index is 906. The highest BCUT2D eigenvalue weighted by Crippen LogP contribution is 2.34. The van der Waals surface area contributed by atoms with E-state index < -0.39 is 11.7 Å². The third kappa shape index (κ3) is 3.16. The van der Waals surface area contributed by atoms with Gasteiger partial charge in [-0.2, -0.15) is 0 Å². The number of nitrogens with one attached hydrogen (secondary N) is 1. The van der Waals surface area contributed by atoms with Crippen LogP contribution < -0.4 is 5.32 Å². The average Bonchev–Trinajstić information content (AvgIpc) is 2.91. The van der Waals surface area contributed by atoms with E-state index in [1.807, 2.05) is 18.2 Å². The summed E-state index contributed by atoms with van der Waals surface area (Å²) in [6.07, 6.45) is 0. The van der Waals surface area contributed by atoms with Gasteiger partial charge < -0.3 is 9.84 Å². The Morgan fingerprint density at radius 2 is 2.00 bits per heavy atom. The van der Waals surface area contributed by atoms with Crippen LogP contribution in [0.15, 0.2) is 47.0 Å². The molecule has 122 valence electrons. The average molecular weight is 457 g/mol. The van der Waals surface area contributed by atoms with Crippen LogP contribution in [0.3, 0.4) is 0 Å². The predicted molar refractivity (Wildman–Crippen MR) is 98.8 cm³/mol. The Kier molecular flexibility index (Phi) is 4.86. The van der Waals surface area contributed by atoms with Gasteiger partial charge in [0, 0.05) is 3.57 Å². The molecule has 0 radical (unpaired) electrons. The zero-order valence-corrected chi connectivity index (χ0v) is 15.4. The standard InChI is InChI=1S/C17H11ClFIN2O2/c1-9-14(17(23)21-13-8-3-2-7-12(13)20)16(22-24-9)15-10(18)5-4-6-11(15)19/h2-8H,1H3,(H,21,23). The van der Waals surface area contributed by atoms with Gasteiger partial charge >= 0.3 is 0 Å². The Hall–Kier alpha value is -1.93. The molecular weight excluding hydrogens is 446 g/mol. The maximum Gasteiger partial charge on any atom is 0.261 e. The maximum atomic E-state index is 14.2. The monoisotopic (exact) mass is 456 g/mol. The van der Waals surface area contributed by atoms with Crippen molar-refractivity contribution < 1.29 is 13.7 Å². The molecule has 4 nitrogen and oxygen atoms in total. The minimum atomic E-state index is -0.570. The summed E-state index contributed by atoms with van der Waals surface area (Å²) in [5.74, 6) is -0.723. The van der Waals surface area contributed by atoms with Crippen molar-refractivity contribution >= 4 is 45.8 Å². The number of hydrogen-bond acceptors (Lipinski definition) is 3. The molecule has 0 aliphatic heterocycles. The van der Waals surface area contributed by atoms with E-state index >= 15 is 0 Å². The summed E-state index contributed by atoms with van der Waals surface area (Å²) in [6.45, 7) is 1.59. The fourth-order valence-corrected chi connectivity index (χ4v) is 3.06. The first-order chi connectivity index (χ1) is 11.5. The molecule has 0 aliphatic carbocycles. The quantitative estimate of drug-likeness (QED) is 0.544. The summed E-state index contributed by atoms with van der Waals surface area (Å²) in [5.41, 5.74) is 0.930. The Morgan fingerprint density at radius 3 is 2.71 bits per heavy atom. The molecule has 0 bridgehead atoms. The lowest BCUT2D eigenvalue weighted by atomic mass is 10.0. The largest absolute Gasteiger partial charge is 0.360 e. The highest BCUT2D eigenvalue weighted by molar-refractivity contribution is 14.1. The second-order valence-corrected chi connectivity index (χ2v) is 6.56. The number of anilines is 1. The summed E-state index contributed by atoms with van der Waals surface area (Å²) >= 11 is 8.20. The lowest BCUT2D eigenvalue weighted by molar-refractivity contribution is 0.102. The van der Waals surface area contributed by atoms with Crippen molar-refractivity contribution in [1.82, 2.24) is 5.16 Å². The predicted octanol–water partition coefficient (Wildman–Crippen LogP) is 5.30. The number of aryl methyl sites for hydroxylation is 1. The van der Waals surface area contributed by atoms with Crippen molar-refractivity contribution in [2.45, 2.75) is 6.92 Å². The van der Waals surface area contributed by atoms with Crippen LogP contribution >= 0.6 is 34.2 Å². The summed E-state index contributed by atoms with van der Waals surface area (Å²) in [6, 6.07) is 11.6. The van der Waals surface area contributed by atoms with Gasteiger partial charge in [0.05, 0.1) is 16.3 Å². The van der Waals surface area contributed by atoms with E-state index in [0.29, 0.717) is 5.69 Å². The number of amides is 1. The van der Waals surface area contributed by atoms with Crippen LogP contribution in [0.4, 0.5) is 10.1 Å². The molecular formula is C17H11ClFIN2O2. The van der Waals surface area contributed by atoms with Gasteiger partial charge in [0.25, 0.3) is 5.91 Å². The van der Waals surface area contributed by atoms with Gasteiger partial charge in [-0.1, -0.05) is 35.0 Å². The van der Waals surface area contributed by atoms with Crippen molar-refractivity contribution in [1.29, 1.82) is 0 Å². The van der Waals surface area contributed by atoms with Crippen LogP contribution in [0.5, 0.6) is 0 Å². The van der Waals surface area contributed by atoms with E-state index in [4.69, 9.17) is 16.1 Å². The van der Waals surface area contributed by atoms with Crippen LogP contribution in [0.25, 0.3) is 11.3 Å². The second-order valence-electron chi connectivity index (χ2n) is 4.99. The zero-order chi connectivity index (χ0) is 17.3. The van der Waals surface area contributed by atoms with Gasteiger partial charge in [0.15, 0.2) is 0 Å². The van der Waals surface area contributed by atoms with E-state index in [1.165, 1.54) is 18.2 Å². The number of nitrogens with zero attached hydrogens (tertiary/aromatic N) is 1. The molecule has 1 N–H and O–H groups in total. The third-order valence-corrected chi connectivity index (χ3v) is 4.67. The lowest BCUT2D eigenvalue weighted by Crippen LogP contribution is -2.14. The first-order valence-electron chi connectivity index (χ1n) is 6.95. The minimum absolute atomic E-state index is 0.0453. The summed E-state index contributed by atoms with van der Waals surface area (Å²) in [7, 11) is 0. The van der Waals surface area contributed by atoms with Crippen LogP contribution in [-0.2, 0) is 0 Å². The molecule has 1 amide bonds. The van der Waals surface area contributed by atoms with Crippen molar-refractivity contribution in [2.24, 2.45) is 0 Å². The topological polar surface area (TPSA) is 55.1 Å². The first-order valence-corrected chi connectivity index (χ1v) is 8.41. The number of halogens is 3. The summed E-state index contributed by atoms with van der Waals surface area (Å²) < 4.78 is 20.2. The van der Waals surface area contributed by atoms with E-state index in [-0.39, 0.29) is 27.6 Å². The fourth-order valence-electron chi connectivity index (χ4n) is 2.28. The number of hydrogen-bond donors (Lipinski definition) is 1. The SMILES string of the molecule is Cc1onc(-c2c(F)cccc2Cl)c1C(=O)Nc1ccccc1I. The Labute approximate surface area is 156 Å². The van der Waals surface area contributed by atoms with Crippen LogP contribution in [0.1, 0.15) is 16.1 Å². The molecule has 2 aromatic carbocycles. The Balaban J connectivity index is 2.05. The number of carbonyl (C=O) groups excluding carboxylic acids is 1. The van der Waals surface area contributed by atoms with Gasteiger partial charge in [-0.05, 0) is 53.8 Å². The molecule has 0 spiro atoms. The maximum absolute atomic E-state index is 14.2. The highest BCUT2D eigenvalue weighted by Gasteiger charge is 2.25. The van der Waals surface area contributed by atoms with Gasteiger partial charge in [0.2, 0.25) is 0 Å². The van der Waals surface area contributed by atoms with Crippen molar-refractivity contribution in [2.75, 3.05) is 5.32 Å². The second kappa shape index (κ2) is 6.90. The molecule has 0 aliphatic rings. The zero-order valence-electron chi connectivity index (χ0n) is 12.4. The lowest BCUT2D eigenvalue weighted by Gasteiger charge is -2.08. The summed E-state index contributed by atoms with van der Waals surface area (Å²) in [4.78, 5) is 12.7. The number of aromatic nitrogens is 1. The van der Waals surface area contributed by atoms with E-state index in [9.17, 15) is 9.18 Å². The molecule has 3 aromatic rings. The molecule has 0 unspecified atom stereocenters. The van der Waals surface area contributed by atoms with Crippen molar-refractivity contribution in [3.05, 3.63) is 68.2 Å². The number of rotatable bonds is 3. The van der Waals surface area contributed by atoms with Gasteiger partial charge in [0.1, 0.15) is 22.8 Å². The van der Waals surface area contributed by atoms with Crippen LogP contribution in [-0.4, -0.2) is 11.1 Å². The Morgan fingerprint density at radius 1 is 1.25 bits per heavy atom. The molecule has 1 heterocycles. The summed E-state index contributed by atoms with van der Waals surface area (Å²) in [5, 5.41) is 6.78. The molecule has 7 heteroatoms. The molecule has 0 fully saturated rings. The normalized spacial score (nSPS) is 10.7. The van der Waals surface area contributed by atoms with Gasteiger partial charge in [-0.25, -0.2) is 4.39 Å². The van der Waals surface area contributed by atoms with E-state index in [1.54, 1.807) is 13.0 Å². The minimum Gasteiger partial charge on any atom is -0.360 e. The number of para-hydroxylation sites is 1. The van der Waals surface area contributed by atoms with Crippen molar-refractivity contribution in [3.8, 4) is 11.3 Å². The molecule has 0 atom stereocenters. The van der Waals surface area contributed by atoms with Crippen LogP contribution in [0, 0.1) is 16.3 Å². The molecule has 3 rings (SSSR count). The van der Waals surface area contributed by atoms with E-state index in [2.05, 4.69) is 33.1 Å². The fraction of sp³-hybridized carbons (Fsp3) is 0.0588. The van der Waals surface area contributed by atoms with Gasteiger partial charge in [-0.3, -0.25) is 4.79 Å². The van der Waals surface area contributed by atoms with Crippen LogP contribution in [0.2, 0.25) is 5.02 Å². The van der Waals surface area contributed by atoms with Crippen molar-refractivity contribution in [3.63, 3.8) is 0 Å². The highest BCUT2D eigenvalue weighted by atomic mass is 127. The number of carbonyl (C=O) groups is 1. The molecule has 0 saturated heterocycles. The number of benzene rings is 2. The van der Waals surface area contributed by atoms with Gasteiger partial charge in [-0.15, -0.1) is 0 Å². The smallest absolute Gasteiger partial charge is 0.261 e. The molecule has 24 heavy (non-hydrogen) atoms. The first kappa shape index (κ1) is 16.9. The third-order valence-electron chi connectivity index (χ3n) is 3.41.